The number of carbonyl (C=O) groups is 1. The highest BCUT2D eigenvalue weighted by Crippen LogP contribution is 2.27. The number of nitrogens with zero attached hydrogens (tertiary/aromatic N) is 1. The lowest BCUT2D eigenvalue weighted by atomic mass is 10.0. The molecule has 0 spiro atoms. The molecule has 1 saturated heterocycles. The highest BCUT2D eigenvalue weighted by Gasteiger charge is 2.35. The van der Waals surface area contributed by atoms with E-state index < -0.39 is 5.54 Å². The van der Waals surface area contributed by atoms with Gasteiger partial charge < -0.3 is 10.1 Å². The summed E-state index contributed by atoms with van der Waals surface area (Å²) in [6.07, 6.45) is 0.726. The van der Waals surface area contributed by atoms with Crippen molar-refractivity contribution < 1.29 is 9.53 Å². The lowest BCUT2D eigenvalue weighted by Gasteiger charge is -2.20. The molecule has 0 aromatic carbocycles. The molecule has 0 aliphatic carbocycles. The molecule has 1 atom stereocenters. The standard InChI is InChI=1S/C8H12N2O2S/c1-12-4-7(11)10-8(5-9)2-3-13-6-8/h2-4,6H2,1H3,(H,10,11). The first-order valence-corrected chi connectivity index (χ1v) is 5.17. The number of amides is 1. The van der Waals surface area contributed by atoms with Gasteiger partial charge in [0.05, 0.1) is 6.07 Å². The third-order valence-electron chi connectivity index (χ3n) is 1.89. The molecule has 0 bridgehead atoms. The van der Waals surface area contributed by atoms with Gasteiger partial charge in [0.2, 0.25) is 5.91 Å². The second kappa shape index (κ2) is 4.49. The van der Waals surface area contributed by atoms with Crippen molar-refractivity contribution in [2.45, 2.75) is 12.0 Å². The van der Waals surface area contributed by atoms with Crippen LogP contribution in [0, 0.1) is 11.3 Å². The summed E-state index contributed by atoms with van der Waals surface area (Å²) >= 11 is 1.69. The van der Waals surface area contributed by atoms with E-state index in [2.05, 4.69) is 16.1 Å². The molecule has 0 radical (unpaired) electrons. The number of methoxy groups -OCH3 is 1. The normalized spacial score (nSPS) is 26.8. The van der Waals surface area contributed by atoms with Crippen LogP contribution in [0.4, 0.5) is 0 Å². The maximum absolute atomic E-state index is 11.2. The lowest BCUT2D eigenvalue weighted by Crippen LogP contribution is -2.48. The lowest BCUT2D eigenvalue weighted by molar-refractivity contribution is -0.125. The zero-order chi connectivity index (χ0) is 9.73. The number of hydrogen-bond donors (Lipinski definition) is 1. The summed E-state index contributed by atoms with van der Waals surface area (Å²) in [5, 5.41) is 11.6. The van der Waals surface area contributed by atoms with Crippen LogP contribution in [0.1, 0.15) is 6.42 Å². The number of thioether (sulfide) groups is 1. The Morgan fingerprint density at radius 2 is 2.62 bits per heavy atom. The fourth-order valence-electron chi connectivity index (χ4n) is 1.21. The zero-order valence-electron chi connectivity index (χ0n) is 7.50. The van der Waals surface area contributed by atoms with Gasteiger partial charge in [-0.3, -0.25) is 4.79 Å². The predicted octanol–water partition coefficient (Wildman–Crippen LogP) is 0.148. The fraction of sp³-hybridized carbons (Fsp3) is 0.750. The van der Waals surface area contributed by atoms with E-state index in [4.69, 9.17) is 5.26 Å². The largest absolute Gasteiger partial charge is 0.375 e. The Kier molecular flexibility index (Phi) is 3.58. The Labute approximate surface area is 81.6 Å². The highest BCUT2D eigenvalue weighted by molar-refractivity contribution is 7.99. The molecule has 1 unspecified atom stereocenters. The van der Waals surface area contributed by atoms with Gasteiger partial charge in [0.25, 0.3) is 0 Å². The maximum atomic E-state index is 11.2. The van der Waals surface area contributed by atoms with Gasteiger partial charge in [-0.05, 0) is 12.2 Å². The Balaban J connectivity index is 2.49. The van der Waals surface area contributed by atoms with Crippen molar-refractivity contribution in [2.75, 3.05) is 25.2 Å². The quantitative estimate of drug-likeness (QED) is 0.704. The molecule has 72 valence electrons. The topological polar surface area (TPSA) is 62.1 Å². The van der Waals surface area contributed by atoms with Crippen LogP contribution >= 0.6 is 11.8 Å². The Bertz CT molecular complexity index is 231. The molecule has 1 N–H and O–H groups in total. The van der Waals surface area contributed by atoms with E-state index in [0.717, 1.165) is 12.2 Å². The highest BCUT2D eigenvalue weighted by atomic mass is 32.2. The van der Waals surface area contributed by atoms with Gasteiger partial charge in [-0.2, -0.15) is 17.0 Å². The SMILES string of the molecule is COCC(=O)NC1(C#N)CCSC1. The van der Waals surface area contributed by atoms with Crippen molar-refractivity contribution >= 4 is 17.7 Å². The van der Waals surface area contributed by atoms with E-state index in [1.807, 2.05) is 0 Å². The third kappa shape index (κ3) is 2.61. The minimum absolute atomic E-state index is 0.0219. The van der Waals surface area contributed by atoms with Crippen molar-refractivity contribution in [3.05, 3.63) is 0 Å². The summed E-state index contributed by atoms with van der Waals surface area (Å²) in [6.45, 7) is 0.0219. The average Bonchev–Trinajstić information content (AvgIpc) is 2.54. The second-order valence-electron chi connectivity index (χ2n) is 2.98. The Morgan fingerprint density at radius 3 is 3.08 bits per heavy atom. The summed E-state index contributed by atoms with van der Waals surface area (Å²) in [6, 6.07) is 2.16. The molecule has 0 aromatic rings. The van der Waals surface area contributed by atoms with Crippen LogP contribution in [-0.4, -0.2) is 36.7 Å². The molecule has 13 heavy (non-hydrogen) atoms. The predicted molar refractivity (Wildman–Crippen MR) is 50.3 cm³/mol. The monoisotopic (exact) mass is 200 g/mol. The van der Waals surface area contributed by atoms with E-state index in [-0.39, 0.29) is 12.5 Å². The molecule has 1 amide bonds. The van der Waals surface area contributed by atoms with Crippen LogP contribution in [0.2, 0.25) is 0 Å². The summed E-state index contributed by atoms with van der Waals surface area (Å²) in [4.78, 5) is 11.2. The third-order valence-corrected chi connectivity index (χ3v) is 3.08. The molecule has 0 saturated carbocycles. The number of nitrogens with one attached hydrogen (secondary N) is 1. The first-order chi connectivity index (χ1) is 6.22. The summed E-state index contributed by atoms with van der Waals surface area (Å²) in [5.41, 5.74) is -0.652. The van der Waals surface area contributed by atoms with Crippen LogP contribution in [0.5, 0.6) is 0 Å². The van der Waals surface area contributed by atoms with Gasteiger partial charge in [0.1, 0.15) is 12.1 Å². The zero-order valence-corrected chi connectivity index (χ0v) is 8.32. The average molecular weight is 200 g/mol. The molecule has 1 aliphatic rings. The van der Waals surface area contributed by atoms with Crippen molar-refractivity contribution in [1.29, 1.82) is 5.26 Å². The van der Waals surface area contributed by atoms with E-state index in [9.17, 15) is 4.79 Å². The van der Waals surface area contributed by atoms with Crippen LogP contribution in [0.25, 0.3) is 0 Å². The van der Waals surface area contributed by atoms with E-state index in [0.29, 0.717) is 5.75 Å². The van der Waals surface area contributed by atoms with Crippen LogP contribution in [0.3, 0.4) is 0 Å². The summed E-state index contributed by atoms with van der Waals surface area (Å²) in [5.74, 6) is 1.39. The molecular formula is C8H12N2O2S. The number of carbonyl (C=O) groups excluding carboxylic acids is 1. The van der Waals surface area contributed by atoms with Gasteiger partial charge in [-0.1, -0.05) is 0 Å². The number of ether oxygens (including phenoxy) is 1. The summed E-state index contributed by atoms with van der Waals surface area (Å²) in [7, 11) is 1.46. The van der Waals surface area contributed by atoms with Crippen molar-refractivity contribution in [3.8, 4) is 6.07 Å². The fourth-order valence-corrected chi connectivity index (χ4v) is 2.48. The molecular weight excluding hydrogens is 188 g/mol. The van der Waals surface area contributed by atoms with E-state index in [1.165, 1.54) is 7.11 Å². The van der Waals surface area contributed by atoms with Gasteiger partial charge in [-0.15, -0.1) is 0 Å². The van der Waals surface area contributed by atoms with Gasteiger partial charge in [0.15, 0.2) is 0 Å². The van der Waals surface area contributed by atoms with Crippen LogP contribution in [-0.2, 0) is 9.53 Å². The van der Waals surface area contributed by atoms with Crippen LogP contribution in [0.15, 0.2) is 0 Å². The minimum Gasteiger partial charge on any atom is -0.375 e. The first-order valence-electron chi connectivity index (χ1n) is 4.01. The van der Waals surface area contributed by atoms with Crippen molar-refractivity contribution in [2.24, 2.45) is 0 Å². The van der Waals surface area contributed by atoms with Crippen molar-refractivity contribution in [1.82, 2.24) is 5.32 Å². The molecule has 1 fully saturated rings. The molecule has 1 rings (SSSR count). The molecule has 1 aliphatic heterocycles. The number of rotatable bonds is 3. The first kappa shape index (κ1) is 10.4. The smallest absolute Gasteiger partial charge is 0.247 e. The number of hydrogen-bond acceptors (Lipinski definition) is 4. The molecule has 5 heteroatoms. The molecule has 0 aromatic heterocycles. The van der Waals surface area contributed by atoms with E-state index in [1.54, 1.807) is 11.8 Å². The summed E-state index contributed by atoms with van der Waals surface area (Å²) < 4.78 is 4.68. The van der Waals surface area contributed by atoms with Gasteiger partial charge in [0, 0.05) is 12.9 Å². The van der Waals surface area contributed by atoms with Gasteiger partial charge >= 0.3 is 0 Å². The van der Waals surface area contributed by atoms with E-state index >= 15 is 0 Å². The number of nitriles is 1. The van der Waals surface area contributed by atoms with Gasteiger partial charge in [-0.25, -0.2) is 0 Å². The van der Waals surface area contributed by atoms with Crippen LogP contribution < -0.4 is 5.32 Å². The Morgan fingerprint density at radius 1 is 1.85 bits per heavy atom. The second-order valence-corrected chi connectivity index (χ2v) is 4.08. The minimum atomic E-state index is -0.652. The molecule has 1 heterocycles. The molecule has 4 nitrogen and oxygen atoms in total. The van der Waals surface area contributed by atoms with Crippen molar-refractivity contribution in [3.63, 3.8) is 0 Å². The maximum Gasteiger partial charge on any atom is 0.247 e. The Hall–Kier alpha value is -0.730.